The number of likely N-dealkylation sites (tertiary alicyclic amines) is 1. The molecule has 0 radical (unpaired) electrons. The number of benzene rings is 2. The van der Waals surface area contributed by atoms with Crippen LogP contribution >= 0.6 is 0 Å². The Balaban J connectivity index is 1.68. The first kappa shape index (κ1) is 24.8. The summed E-state index contributed by atoms with van der Waals surface area (Å²) in [4.78, 5) is 40.5. The Morgan fingerprint density at radius 3 is 2.32 bits per heavy atom. The van der Waals surface area contributed by atoms with Crippen LogP contribution < -0.4 is 20.1 Å². The predicted molar refractivity (Wildman–Crippen MR) is 129 cm³/mol. The molecule has 0 spiro atoms. The van der Waals surface area contributed by atoms with Gasteiger partial charge in [-0.1, -0.05) is 12.1 Å². The maximum Gasteiger partial charge on any atom is 0.253 e. The molecule has 1 fully saturated rings. The Morgan fingerprint density at radius 2 is 1.71 bits per heavy atom. The quantitative estimate of drug-likeness (QED) is 0.555. The minimum absolute atomic E-state index is 0.0766. The third-order valence-electron chi connectivity index (χ3n) is 5.96. The van der Waals surface area contributed by atoms with Crippen LogP contribution in [0.1, 0.15) is 33.6 Å². The highest BCUT2D eigenvalue weighted by Crippen LogP contribution is 2.24. The largest absolute Gasteiger partial charge is 0.497 e. The van der Waals surface area contributed by atoms with Gasteiger partial charge in [0.25, 0.3) is 11.8 Å². The number of methoxy groups -OCH3 is 2. The van der Waals surface area contributed by atoms with Gasteiger partial charge in [-0.05, 0) is 61.2 Å². The molecule has 1 heterocycles. The summed E-state index contributed by atoms with van der Waals surface area (Å²) in [6, 6.07) is 13.0. The first-order valence-corrected chi connectivity index (χ1v) is 11.2. The summed E-state index contributed by atoms with van der Waals surface area (Å²) in [5.74, 6) is 0.482. The zero-order valence-corrected chi connectivity index (χ0v) is 19.6. The number of carbonyl (C=O) groups excluding carboxylic acids is 3. The molecule has 180 valence electrons. The number of rotatable bonds is 9. The maximum atomic E-state index is 12.9. The van der Waals surface area contributed by atoms with Crippen LogP contribution in [-0.4, -0.2) is 62.5 Å². The third kappa shape index (κ3) is 6.15. The Hall–Kier alpha value is -3.81. The van der Waals surface area contributed by atoms with Crippen molar-refractivity contribution in [3.63, 3.8) is 0 Å². The highest BCUT2D eigenvalue weighted by atomic mass is 16.5. The molecule has 1 aliphatic heterocycles. The van der Waals surface area contributed by atoms with E-state index in [-0.39, 0.29) is 23.6 Å². The molecule has 0 aromatic heterocycles. The average molecular weight is 466 g/mol. The molecular weight excluding hydrogens is 434 g/mol. The molecule has 0 unspecified atom stereocenters. The summed E-state index contributed by atoms with van der Waals surface area (Å²) in [6.45, 7) is 4.92. The lowest BCUT2D eigenvalue weighted by Gasteiger charge is -2.36. The lowest BCUT2D eigenvalue weighted by atomic mass is 9.88. The maximum absolute atomic E-state index is 12.9. The van der Waals surface area contributed by atoms with E-state index in [1.807, 2.05) is 0 Å². The highest BCUT2D eigenvalue weighted by Gasteiger charge is 2.34. The van der Waals surface area contributed by atoms with Crippen LogP contribution in [0.5, 0.6) is 11.5 Å². The van der Waals surface area contributed by atoms with Crippen molar-refractivity contribution >= 4 is 17.7 Å². The van der Waals surface area contributed by atoms with Gasteiger partial charge in [0.05, 0.1) is 14.2 Å². The van der Waals surface area contributed by atoms with Gasteiger partial charge in [0.2, 0.25) is 5.91 Å². The third-order valence-corrected chi connectivity index (χ3v) is 5.96. The lowest BCUT2D eigenvalue weighted by Crippen LogP contribution is -2.53. The average Bonchev–Trinajstić information content (AvgIpc) is 2.90. The van der Waals surface area contributed by atoms with Gasteiger partial charge in [0.1, 0.15) is 17.5 Å². The normalized spacial score (nSPS) is 14.6. The highest BCUT2D eigenvalue weighted by molar-refractivity contribution is 5.98. The molecule has 3 rings (SSSR count). The number of ether oxygens (including phenoxy) is 2. The fourth-order valence-corrected chi connectivity index (χ4v) is 4.02. The molecule has 3 amide bonds. The summed E-state index contributed by atoms with van der Waals surface area (Å²) in [7, 11) is 3.12. The van der Waals surface area contributed by atoms with E-state index in [0.29, 0.717) is 55.1 Å². The van der Waals surface area contributed by atoms with Gasteiger partial charge >= 0.3 is 0 Å². The first-order valence-electron chi connectivity index (χ1n) is 11.2. The van der Waals surface area contributed by atoms with Crippen molar-refractivity contribution in [3.8, 4) is 11.5 Å². The molecule has 0 bridgehead atoms. The van der Waals surface area contributed by atoms with E-state index >= 15 is 0 Å². The van der Waals surface area contributed by atoms with Crippen LogP contribution in [0.3, 0.4) is 0 Å². The van der Waals surface area contributed by atoms with Gasteiger partial charge in [-0.15, -0.1) is 6.58 Å². The summed E-state index contributed by atoms with van der Waals surface area (Å²) in [6.07, 6.45) is 2.77. The van der Waals surface area contributed by atoms with Crippen LogP contribution in [0.25, 0.3) is 0 Å². The van der Waals surface area contributed by atoms with E-state index in [4.69, 9.17) is 9.47 Å². The van der Waals surface area contributed by atoms with Crippen LogP contribution in [0.4, 0.5) is 0 Å². The molecular formula is C26H31N3O5. The number of carbonyl (C=O) groups is 3. The van der Waals surface area contributed by atoms with Gasteiger partial charge in [-0.25, -0.2) is 0 Å². The van der Waals surface area contributed by atoms with Crippen LogP contribution in [0.2, 0.25) is 0 Å². The molecule has 0 aliphatic carbocycles. The van der Waals surface area contributed by atoms with Gasteiger partial charge in [0.15, 0.2) is 0 Å². The topological polar surface area (TPSA) is 97.0 Å². The van der Waals surface area contributed by atoms with Crippen molar-refractivity contribution in [3.05, 3.63) is 72.3 Å². The molecule has 8 nitrogen and oxygen atoms in total. The van der Waals surface area contributed by atoms with E-state index in [2.05, 4.69) is 17.2 Å². The summed E-state index contributed by atoms with van der Waals surface area (Å²) in [5, 5.41) is 5.69. The molecule has 0 saturated carbocycles. The SMILES string of the molecule is C=CCNC(=O)[C@@H](NC(=O)c1ccc(OC)cc1)C1CCN(C(=O)c2cccc(OC)c2)CC1. The predicted octanol–water partition coefficient (Wildman–Crippen LogP) is 2.66. The fraction of sp³-hybridized carbons (Fsp3) is 0.346. The molecule has 2 N–H and O–H groups in total. The van der Waals surface area contributed by atoms with E-state index in [1.165, 1.54) is 0 Å². The summed E-state index contributed by atoms with van der Waals surface area (Å²) in [5.41, 5.74) is 0.999. The second-order valence-electron chi connectivity index (χ2n) is 8.08. The lowest BCUT2D eigenvalue weighted by molar-refractivity contribution is -0.124. The second kappa shape index (κ2) is 11.9. The van der Waals surface area contributed by atoms with E-state index in [1.54, 1.807) is 73.7 Å². The number of amides is 3. The van der Waals surface area contributed by atoms with E-state index < -0.39 is 6.04 Å². The Morgan fingerprint density at radius 1 is 1.03 bits per heavy atom. The zero-order chi connectivity index (χ0) is 24.5. The van der Waals surface area contributed by atoms with Crippen molar-refractivity contribution < 1.29 is 23.9 Å². The van der Waals surface area contributed by atoms with Gasteiger partial charge < -0.3 is 25.0 Å². The van der Waals surface area contributed by atoms with E-state index in [0.717, 1.165) is 0 Å². The second-order valence-corrected chi connectivity index (χ2v) is 8.08. The summed E-state index contributed by atoms with van der Waals surface area (Å²) >= 11 is 0. The molecule has 1 saturated heterocycles. The van der Waals surface area contributed by atoms with Gasteiger partial charge in [0, 0.05) is 30.8 Å². The van der Waals surface area contributed by atoms with Crippen molar-refractivity contribution in [1.82, 2.24) is 15.5 Å². The minimum Gasteiger partial charge on any atom is -0.497 e. The number of nitrogens with zero attached hydrogens (tertiary/aromatic N) is 1. The molecule has 8 heteroatoms. The standard InChI is InChI=1S/C26H31N3O5/c1-4-14-27-25(31)23(28-24(30)19-8-10-21(33-2)11-9-19)18-12-15-29(16-13-18)26(32)20-6-5-7-22(17-20)34-3/h4-11,17-18,23H,1,12-16H2,2-3H3,(H,27,31)(H,28,30)/t23-/m0/s1. The molecule has 1 atom stereocenters. The fourth-order valence-electron chi connectivity index (χ4n) is 4.02. The van der Waals surface area contributed by atoms with Crippen LogP contribution in [0.15, 0.2) is 61.2 Å². The van der Waals surface area contributed by atoms with Crippen molar-refractivity contribution in [2.45, 2.75) is 18.9 Å². The monoisotopic (exact) mass is 465 g/mol. The Kier molecular flexibility index (Phi) is 8.67. The van der Waals surface area contributed by atoms with Crippen LogP contribution in [-0.2, 0) is 4.79 Å². The summed E-state index contributed by atoms with van der Waals surface area (Å²) < 4.78 is 10.4. The zero-order valence-electron chi connectivity index (χ0n) is 19.6. The minimum atomic E-state index is -0.719. The smallest absolute Gasteiger partial charge is 0.253 e. The molecule has 1 aliphatic rings. The molecule has 2 aromatic carbocycles. The van der Waals surface area contributed by atoms with E-state index in [9.17, 15) is 14.4 Å². The Labute approximate surface area is 199 Å². The van der Waals surface area contributed by atoms with Crippen molar-refractivity contribution in [1.29, 1.82) is 0 Å². The molecule has 34 heavy (non-hydrogen) atoms. The Bertz CT molecular complexity index is 1010. The molecule has 2 aromatic rings. The number of piperidine rings is 1. The first-order chi connectivity index (χ1) is 16.5. The number of hydrogen-bond acceptors (Lipinski definition) is 5. The number of nitrogens with one attached hydrogen (secondary N) is 2. The van der Waals surface area contributed by atoms with Gasteiger partial charge in [-0.2, -0.15) is 0 Å². The van der Waals surface area contributed by atoms with Crippen molar-refractivity contribution in [2.75, 3.05) is 33.9 Å². The number of hydrogen-bond donors (Lipinski definition) is 2. The van der Waals surface area contributed by atoms with Gasteiger partial charge in [-0.3, -0.25) is 14.4 Å². The van der Waals surface area contributed by atoms with Crippen molar-refractivity contribution in [2.24, 2.45) is 5.92 Å². The van der Waals surface area contributed by atoms with Crippen LogP contribution in [0, 0.1) is 5.92 Å².